The van der Waals surface area contributed by atoms with E-state index in [1.807, 2.05) is 0 Å². The monoisotopic (exact) mass is 227 g/mol. The normalized spacial score (nSPS) is 10.5. The molecule has 15 heavy (non-hydrogen) atoms. The van der Waals surface area contributed by atoms with Crippen LogP contribution in [0.15, 0.2) is 12.3 Å². The lowest BCUT2D eigenvalue weighted by atomic mass is 10.4. The van der Waals surface area contributed by atoms with Crippen LogP contribution in [-0.4, -0.2) is 29.1 Å². The van der Waals surface area contributed by atoms with Gasteiger partial charge in [-0.25, -0.2) is 9.78 Å². The van der Waals surface area contributed by atoms with Crippen molar-refractivity contribution in [3.63, 3.8) is 0 Å². The lowest BCUT2D eigenvalue weighted by Crippen LogP contribution is -1.96. The number of carbonyl (C=O) groups excluding carboxylic acids is 1. The number of ether oxygens (including phenoxy) is 1. The molecular formula is C9H9NO4S. The molecule has 0 aliphatic carbocycles. The maximum absolute atomic E-state index is 11.0. The molecule has 1 aromatic heterocycles. The van der Waals surface area contributed by atoms with Crippen molar-refractivity contribution in [3.8, 4) is 0 Å². The average Bonchev–Trinajstić information content (AvgIpc) is 2.65. The Balaban J connectivity index is 2.64. The predicted octanol–water partition coefficient (Wildman–Crippen LogP) is 1.42. The SMILES string of the molecule is COC(=O)c1cnc(C=CCC(=O)O)s1. The summed E-state index contributed by atoms with van der Waals surface area (Å²) in [5, 5.41) is 8.96. The molecule has 1 N–H and O–H groups in total. The quantitative estimate of drug-likeness (QED) is 0.787. The van der Waals surface area contributed by atoms with E-state index in [4.69, 9.17) is 5.11 Å². The Hall–Kier alpha value is -1.69. The van der Waals surface area contributed by atoms with Crippen LogP contribution in [0.25, 0.3) is 6.08 Å². The van der Waals surface area contributed by atoms with Crippen LogP contribution in [-0.2, 0) is 9.53 Å². The highest BCUT2D eigenvalue weighted by Gasteiger charge is 2.08. The fraction of sp³-hybridized carbons (Fsp3) is 0.222. The van der Waals surface area contributed by atoms with E-state index in [9.17, 15) is 9.59 Å². The van der Waals surface area contributed by atoms with E-state index >= 15 is 0 Å². The van der Waals surface area contributed by atoms with Gasteiger partial charge in [-0.1, -0.05) is 6.08 Å². The summed E-state index contributed by atoms with van der Waals surface area (Å²) in [6.45, 7) is 0. The summed E-state index contributed by atoms with van der Waals surface area (Å²) in [4.78, 5) is 25.6. The molecule has 0 radical (unpaired) electrons. The molecule has 0 bridgehead atoms. The Morgan fingerprint density at radius 2 is 2.40 bits per heavy atom. The Bertz CT molecular complexity index is 397. The number of methoxy groups -OCH3 is 1. The molecular weight excluding hydrogens is 218 g/mol. The van der Waals surface area contributed by atoms with Crippen molar-refractivity contribution in [1.29, 1.82) is 0 Å². The summed E-state index contributed by atoms with van der Waals surface area (Å²) in [6.07, 6.45) is 4.37. The Labute approximate surface area is 90.0 Å². The lowest BCUT2D eigenvalue weighted by molar-refractivity contribution is -0.135. The predicted molar refractivity (Wildman–Crippen MR) is 54.7 cm³/mol. The first kappa shape index (κ1) is 11.4. The van der Waals surface area contributed by atoms with E-state index in [1.165, 1.54) is 19.4 Å². The van der Waals surface area contributed by atoms with Gasteiger partial charge in [0.25, 0.3) is 0 Å². The molecule has 1 heterocycles. The summed E-state index contributed by atoms with van der Waals surface area (Å²) in [6, 6.07) is 0. The summed E-state index contributed by atoms with van der Waals surface area (Å²) in [5.41, 5.74) is 0. The standard InChI is InChI=1S/C9H9NO4S/c1-14-9(13)6-5-10-7(15-6)3-2-4-8(11)12/h2-3,5H,4H2,1H3,(H,11,12). The topological polar surface area (TPSA) is 76.5 Å². The van der Waals surface area contributed by atoms with Gasteiger partial charge in [0, 0.05) is 0 Å². The van der Waals surface area contributed by atoms with Crippen LogP contribution in [0.4, 0.5) is 0 Å². The minimum atomic E-state index is -0.906. The van der Waals surface area contributed by atoms with Crippen LogP contribution in [0.3, 0.4) is 0 Å². The van der Waals surface area contributed by atoms with E-state index in [2.05, 4.69) is 9.72 Å². The van der Waals surface area contributed by atoms with Crippen LogP contribution < -0.4 is 0 Å². The molecule has 0 aliphatic rings. The third-order valence-electron chi connectivity index (χ3n) is 1.46. The van der Waals surface area contributed by atoms with E-state index < -0.39 is 11.9 Å². The number of hydrogen-bond acceptors (Lipinski definition) is 5. The van der Waals surface area contributed by atoms with Crippen molar-refractivity contribution >= 4 is 29.4 Å². The zero-order valence-electron chi connectivity index (χ0n) is 7.97. The highest BCUT2D eigenvalue weighted by atomic mass is 32.1. The molecule has 0 aliphatic heterocycles. The largest absolute Gasteiger partial charge is 0.481 e. The number of hydrogen-bond donors (Lipinski definition) is 1. The van der Waals surface area contributed by atoms with Crippen molar-refractivity contribution in [2.75, 3.05) is 7.11 Å². The van der Waals surface area contributed by atoms with Crippen molar-refractivity contribution in [3.05, 3.63) is 22.2 Å². The third-order valence-corrected chi connectivity index (χ3v) is 2.41. The van der Waals surface area contributed by atoms with Crippen LogP contribution in [0.2, 0.25) is 0 Å². The maximum atomic E-state index is 11.0. The minimum absolute atomic E-state index is 0.0624. The summed E-state index contributed by atoms with van der Waals surface area (Å²) >= 11 is 1.15. The summed E-state index contributed by atoms with van der Waals surface area (Å²) in [7, 11) is 1.29. The van der Waals surface area contributed by atoms with Gasteiger partial charge in [0.1, 0.15) is 9.88 Å². The number of nitrogens with zero attached hydrogens (tertiary/aromatic N) is 1. The second-order valence-corrected chi connectivity index (χ2v) is 3.62. The van der Waals surface area contributed by atoms with E-state index in [-0.39, 0.29) is 6.42 Å². The molecule has 1 aromatic rings. The molecule has 5 nitrogen and oxygen atoms in total. The number of aromatic nitrogens is 1. The van der Waals surface area contributed by atoms with E-state index in [0.717, 1.165) is 11.3 Å². The number of thiazole rings is 1. The number of carboxylic acid groups (broad SMARTS) is 1. The molecule has 0 fully saturated rings. The van der Waals surface area contributed by atoms with E-state index in [1.54, 1.807) is 6.08 Å². The minimum Gasteiger partial charge on any atom is -0.481 e. The van der Waals surface area contributed by atoms with Crippen molar-refractivity contribution in [2.45, 2.75) is 6.42 Å². The lowest BCUT2D eigenvalue weighted by Gasteiger charge is -1.90. The van der Waals surface area contributed by atoms with Gasteiger partial charge in [-0.3, -0.25) is 4.79 Å². The molecule has 0 atom stereocenters. The zero-order valence-corrected chi connectivity index (χ0v) is 8.78. The summed E-state index contributed by atoms with van der Waals surface area (Å²) < 4.78 is 4.51. The first-order chi connectivity index (χ1) is 7.13. The van der Waals surface area contributed by atoms with Crippen molar-refractivity contribution < 1.29 is 19.4 Å². The fourth-order valence-electron chi connectivity index (χ4n) is 0.820. The van der Waals surface area contributed by atoms with Crippen LogP contribution in [0, 0.1) is 0 Å². The third kappa shape index (κ3) is 3.51. The van der Waals surface area contributed by atoms with Crippen molar-refractivity contribution in [2.24, 2.45) is 0 Å². The van der Waals surface area contributed by atoms with Gasteiger partial charge in [-0.2, -0.15) is 0 Å². The second kappa shape index (κ2) is 5.26. The van der Waals surface area contributed by atoms with Crippen LogP contribution in [0.1, 0.15) is 21.1 Å². The average molecular weight is 227 g/mol. The maximum Gasteiger partial charge on any atom is 0.349 e. The molecule has 0 saturated heterocycles. The van der Waals surface area contributed by atoms with E-state index in [0.29, 0.717) is 9.88 Å². The fourth-order valence-corrected chi connectivity index (χ4v) is 1.59. The van der Waals surface area contributed by atoms with Gasteiger partial charge >= 0.3 is 11.9 Å². The summed E-state index contributed by atoms with van der Waals surface area (Å²) in [5.74, 6) is -1.35. The first-order valence-corrected chi connectivity index (χ1v) is 4.87. The molecule has 0 amide bonds. The Kier molecular flexibility index (Phi) is 3.99. The molecule has 0 unspecified atom stereocenters. The highest BCUT2D eigenvalue weighted by Crippen LogP contribution is 2.15. The second-order valence-electron chi connectivity index (χ2n) is 2.55. The number of carbonyl (C=O) groups is 2. The van der Waals surface area contributed by atoms with Gasteiger partial charge in [-0.15, -0.1) is 11.3 Å². The number of aliphatic carboxylic acids is 1. The molecule has 1 rings (SSSR count). The zero-order chi connectivity index (χ0) is 11.3. The van der Waals surface area contributed by atoms with Gasteiger partial charge < -0.3 is 9.84 Å². The number of carboxylic acids is 1. The Morgan fingerprint density at radius 1 is 1.67 bits per heavy atom. The highest BCUT2D eigenvalue weighted by molar-refractivity contribution is 7.14. The molecule has 80 valence electrons. The molecule has 6 heteroatoms. The van der Waals surface area contributed by atoms with Gasteiger partial charge in [0.05, 0.1) is 19.7 Å². The van der Waals surface area contributed by atoms with Gasteiger partial charge in [-0.05, 0) is 6.08 Å². The Morgan fingerprint density at radius 3 is 3.00 bits per heavy atom. The van der Waals surface area contributed by atoms with Crippen LogP contribution >= 0.6 is 11.3 Å². The molecule has 0 spiro atoms. The molecule has 0 saturated carbocycles. The number of esters is 1. The molecule has 0 aromatic carbocycles. The van der Waals surface area contributed by atoms with Crippen LogP contribution in [0.5, 0.6) is 0 Å². The smallest absolute Gasteiger partial charge is 0.349 e. The first-order valence-electron chi connectivity index (χ1n) is 4.06. The van der Waals surface area contributed by atoms with Gasteiger partial charge in [0.2, 0.25) is 0 Å². The number of rotatable bonds is 4. The van der Waals surface area contributed by atoms with Gasteiger partial charge in [0.15, 0.2) is 0 Å². The van der Waals surface area contributed by atoms with Crippen molar-refractivity contribution in [1.82, 2.24) is 4.98 Å².